The van der Waals surface area contributed by atoms with E-state index < -0.39 is 5.97 Å². The van der Waals surface area contributed by atoms with Crippen LogP contribution in [0.1, 0.15) is 28.2 Å². The van der Waals surface area contributed by atoms with Gasteiger partial charge in [0, 0.05) is 61.4 Å². The Kier molecular flexibility index (Phi) is 7.42. The van der Waals surface area contributed by atoms with Gasteiger partial charge in [0.2, 0.25) is 11.9 Å². The summed E-state index contributed by atoms with van der Waals surface area (Å²) in [7, 11) is 1.88. The lowest BCUT2D eigenvalue weighted by Gasteiger charge is -2.16. The van der Waals surface area contributed by atoms with E-state index in [9.17, 15) is 9.59 Å². The summed E-state index contributed by atoms with van der Waals surface area (Å²) in [5.41, 5.74) is 4.89. The van der Waals surface area contributed by atoms with Crippen LogP contribution >= 0.6 is 0 Å². The second-order valence-electron chi connectivity index (χ2n) is 10.4. The average Bonchev–Trinajstić information content (AvgIpc) is 3.69. The van der Waals surface area contributed by atoms with Gasteiger partial charge < -0.3 is 25.5 Å². The number of H-pyrrole nitrogens is 1. The third-order valence-electron chi connectivity index (χ3n) is 7.29. The molecular formula is C29H30N10O4. The number of aromatic nitrogens is 7. The highest BCUT2D eigenvalue weighted by atomic mass is 16.5. The van der Waals surface area contributed by atoms with Gasteiger partial charge in [-0.25, -0.2) is 19.7 Å². The van der Waals surface area contributed by atoms with Crippen molar-refractivity contribution < 1.29 is 19.4 Å². The number of carboxylic acid groups (broad SMARTS) is 1. The summed E-state index contributed by atoms with van der Waals surface area (Å²) < 4.78 is 7.55. The molecule has 1 aliphatic heterocycles. The number of carbonyl (C=O) groups is 2. The van der Waals surface area contributed by atoms with Crippen molar-refractivity contribution in [3.05, 3.63) is 65.9 Å². The summed E-state index contributed by atoms with van der Waals surface area (Å²) in [6.07, 6.45) is 5.42. The molecule has 14 heteroatoms. The van der Waals surface area contributed by atoms with Crippen molar-refractivity contribution in [3.63, 3.8) is 0 Å². The van der Waals surface area contributed by atoms with Gasteiger partial charge in [-0.2, -0.15) is 10.1 Å². The van der Waals surface area contributed by atoms with E-state index >= 15 is 0 Å². The largest absolute Gasteiger partial charge is 0.477 e. The van der Waals surface area contributed by atoms with Crippen LogP contribution in [0.25, 0.3) is 22.2 Å². The monoisotopic (exact) mass is 582 g/mol. The molecule has 5 aromatic rings. The van der Waals surface area contributed by atoms with E-state index in [1.54, 1.807) is 10.9 Å². The number of amides is 1. The van der Waals surface area contributed by atoms with Crippen molar-refractivity contribution in [1.82, 2.24) is 39.6 Å². The Hall–Kier alpha value is -5.37. The Labute approximate surface area is 246 Å². The number of nitrogens with one attached hydrogen (secondary N) is 3. The average molecular weight is 583 g/mol. The van der Waals surface area contributed by atoms with Crippen molar-refractivity contribution in [2.24, 2.45) is 7.05 Å². The highest BCUT2D eigenvalue weighted by Gasteiger charge is 2.27. The molecule has 6 rings (SSSR count). The first-order valence-electron chi connectivity index (χ1n) is 13.7. The number of hydrogen-bond acceptors (Lipinski definition) is 10. The lowest BCUT2D eigenvalue weighted by Crippen LogP contribution is -2.33. The third-order valence-corrected chi connectivity index (χ3v) is 7.29. The highest BCUT2D eigenvalue weighted by Crippen LogP contribution is 2.33. The smallest absolute Gasteiger partial charge is 0.354 e. The van der Waals surface area contributed by atoms with Crippen molar-refractivity contribution in [2.45, 2.75) is 26.4 Å². The molecule has 1 aromatic carbocycles. The number of benzene rings is 1. The fourth-order valence-electron chi connectivity index (χ4n) is 5.06. The first-order chi connectivity index (χ1) is 20.7. The van der Waals surface area contributed by atoms with E-state index in [-0.39, 0.29) is 30.3 Å². The highest BCUT2D eigenvalue weighted by molar-refractivity contribution is 6.06. The summed E-state index contributed by atoms with van der Waals surface area (Å²) in [6.45, 7) is 5.24. The number of aryl methyl sites for hydroxylation is 3. The number of rotatable bonds is 9. The van der Waals surface area contributed by atoms with Crippen molar-refractivity contribution in [1.29, 1.82) is 0 Å². The van der Waals surface area contributed by atoms with Gasteiger partial charge in [0.05, 0.1) is 23.4 Å². The molecule has 1 saturated heterocycles. The number of ether oxygens (including phenoxy) is 1. The Morgan fingerprint density at radius 1 is 1.19 bits per heavy atom. The molecule has 5 heterocycles. The van der Waals surface area contributed by atoms with E-state index in [0.29, 0.717) is 37.0 Å². The van der Waals surface area contributed by atoms with E-state index in [1.807, 2.05) is 56.3 Å². The maximum absolute atomic E-state index is 13.0. The van der Waals surface area contributed by atoms with Gasteiger partial charge in [0.15, 0.2) is 11.5 Å². The van der Waals surface area contributed by atoms with Gasteiger partial charge in [0.25, 0.3) is 0 Å². The van der Waals surface area contributed by atoms with Crippen LogP contribution in [0.4, 0.5) is 17.5 Å². The number of aromatic carboxylic acids is 1. The lowest BCUT2D eigenvalue weighted by molar-refractivity contribution is -0.117. The first kappa shape index (κ1) is 27.8. The molecule has 0 aliphatic carbocycles. The summed E-state index contributed by atoms with van der Waals surface area (Å²) in [6, 6.07) is 8.98. The molecule has 1 amide bonds. The van der Waals surface area contributed by atoms with Gasteiger partial charge in [-0.1, -0.05) is 12.1 Å². The number of carbonyl (C=O) groups excluding carboxylic acids is 1. The second-order valence-corrected chi connectivity index (χ2v) is 10.4. The van der Waals surface area contributed by atoms with E-state index in [1.165, 1.54) is 12.3 Å². The van der Waals surface area contributed by atoms with Gasteiger partial charge in [-0.15, -0.1) is 0 Å². The fourth-order valence-corrected chi connectivity index (χ4v) is 5.06. The molecule has 0 spiro atoms. The quantitative estimate of drug-likeness (QED) is 0.201. The van der Waals surface area contributed by atoms with E-state index in [2.05, 4.69) is 35.7 Å². The summed E-state index contributed by atoms with van der Waals surface area (Å²) in [5, 5.41) is 20.7. The van der Waals surface area contributed by atoms with Gasteiger partial charge in [-0.05, 0) is 38.0 Å². The Morgan fingerprint density at radius 3 is 2.84 bits per heavy atom. The predicted octanol–water partition coefficient (Wildman–Crippen LogP) is 3.30. The third kappa shape index (κ3) is 5.99. The van der Waals surface area contributed by atoms with Crippen LogP contribution in [0.15, 0.2) is 48.9 Å². The van der Waals surface area contributed by atoms with Crippen LogP contribution in [0.5, 0.6) is 6.01 Å². The Balaban J connectivity index is 1.13. The molecular weight excluding hydrogens is 552 g/mol. The van der Waals surface area contributed by atoms with Crippen LogP contribution in [-0.4, -0.2) is 82.3 Å². The fraction of sp³-hybridized carbons (Fsp3) is 0.276. The van der Waals surface area contributed by atoms with Gasteiger partial charge in [0.1, 0.15) is 6.10 Å². The van der Waals surface area contributed by atoms with Crippen LogP contribution in [0.2, 0.25) is 0 Å². The lowest BCUT2D eigenvalue weighted by atomic mass is 10.1. The van der Waals surface area contributed by atoms with E-state index in [4.69, 9.17) is 14.8 Å². The molecule has 220 valence electrons. The van der Waals surface area contributed by atoms with Crippen molar-refractivity contribution >= 4 is 40.2 Å². The molecule has 4 aromatic heterocycles. The zero-order valence-electron chi connectivity index (χ0n) is 23.8. The van der Waals surface area contributed by atoms with Crippen LogP contribution in [0.3, 0.4) is 0 Å². The number of anilines is 3. The molecule has 43 heavy (non-hydrogen) atoms. The predicted molar refractivity (Wildman–Crippen MR) is 158 cm³/mol. The molecule has 1 unspecified atom stereocenters. The number of nitrogens with zero attached hydrogens (tertiary/aromatic N) is 7. The summed E-state index contributed by atoms with van der Waals surface area (Å²) in [4.78, 5) is 46.6. The van der Waals surface area contributed by atoms with Crippen molar-refractivity contribution in [3.8, 4) is 17.3 Å². The first-order valence-corrected chi connectivity index (χ1v) is 13.7. The normalized spacial score (nSPS) is 15.1. The van der Waals surface area contributed by atoms with Gasteiger partial charge in [-0.3, -0.25) is 14.4 Å². The zero-order chi connectivity index (χ0) is 30.1. The van der Waals surface area contributed by atoms with Gasteiger partial charge >= 0.3 is 12.0 Å². The maximum atomic E-state index is 13.0. The minimum absolute atomic E-state index is 0.0130. The number of para-hydroxylation sites is 1. The number of hydrogen-bond donors (Lipinski definition) is 4. The van der Waals surface area contributed by atoms with Crippen LogP contribution < -0.4 is 15.4 Å². The number of aromatic amines is 1. The zero-order valence-corrected chi connectivity index (χ0v) is 23.8. The standard InChI is InChI=1S/C29H30N10O4/c1-16-12-32-28(35-23-11-17(2)38(3)37-23)36-25(16)20-13-31-26-19(20)5-4-6-21(26)33-24(40)15-39-10-8-18(14-39)43-29-30-9-7-22(34-29)27(41)42/h4-7,9,11-13,18,31H,8,10,14-15H2,1-3H3,(H,33,40)(H,41,42)(H,32,35,36,37). The minimum Gasteiger partial charge on any atom is -0.477 e. The SMILES string of the molecule is Cc1cnc(Nc2cc(C)n(C)n2)nc1-c1c[nH]c2c(NC(=O)CN3CCC(Oc4nccc(C(=O)O)n4)C3)cccc12. The molecule has 1 aliphatic rings. The molecule has 4 N–H and O–H groups in total. The molecule has 0 radical (unpaired) electrons. The second kappa shape index (κ2) is 11.5. The topological polar surface area (TPSA) is 176 Å². The van der Waals surface area contributed by atoms with Crippen LogP contribution in [-0.2, 0) is 11.8 Å². The number of fused-ring (bicyclic) bond motifs is 1. The van der Waals surface area contributed by atoms with E-state index in [0.717, 1.165) is 33.4 Å². The molecule has 0 saturated carbocycles. The molecule has 1 fully saturated rings. The summed E-state index contributed by atoms with van der Waals surface area (Å²) in [5.74, 6) is -0.212. The Morgan fingerprint density at radius 2 is 2.05 bits per heavy atom. The molecule has 14 nitrogen and oxygen atoms in total. The maximum Gasteiger partial charge on any atom is 0.354 e. The molecule has 1 atom stereocenters. The van der Waals surface area contributed by atoms with Crippen molar-refractivity contribution in [2.75, 3.05) is 30.3 Å². The minimum atomic E-state index is -1.15. The Bertz CT molecular complexity index is 1810. The summed E-state index contributed by atoms with van der Waals surface area (Å²) >= 11 is 0. The number of likely N-dealkylation sites (tertiary alicyclic amines) is 1. The number of carboxylic acids is 1. The van der Waals surface area contributed by atoms with Crippen LogP contribution in [0, 0.1) is 13.8 Å². The molecule has 0 bridgehead atoms.